The first-order valence-corrected chi connectivity index (χ1v) is 9.37. The molecule has 29 heavy (non-hydrogen) atoms. The van der Waals surface area contributed by atoms with Gasteiger partial charge in [-0.2, -0.15) is 0 Å². The number of aryl methyl sites for hydroxylation is 2. The van der Waals surface area contributed by atoms with Gasteiger partial charge >= 0.3 is 5.97 Å². The van der Waals surface area contributed by atoms with E-state index < -0.39 is 5.97 Å². The van der Waals surface area contributed by atoms with Crippen LogP contribution < -0.4 is 10.5 Å². The van der Waals surface area contributed by atoms with Crippen LogP contribution in [-0.4, -0.2) is 11.8 Å². The third-order valence-electron chi connectivity index (χ3n) is 3.87. The van der Waals surface area contributed by atoms with Gasteiger partial charge in [0.25, 0.3) is 0 Å². The van der Waals surface area contributed by atoms with Crippen molar-refractivity contribution in [2.24, 2.45) is 10.9 Å². The van der Waals surface area contributed by atoms with Crippen LogP contribution in [0, 0.1) is 13.8 Å². The summed E-state index contributed by atoms with van der Waals surface area (Å²) in [5.41, 5.74) is 8.40. The van der Waals surface area contributed by atoms with E-state index in [2.05, 4.69) is 11.2 Å². The van der Waals surface area contributed by atoms with Crippen LogP contribution in [-0.2, 0) is 11.4 Å². The number of oxime groups is 1. The largest absolute Gasteiger partial charge is 0.486 e. The van der Waals surface area contributed by atoms with Crippen LogP contribution in [0.4, 0.5) is 0 Å². The Balaban J connectivity index is 1.61. The second-order valence-corrected chi connectivity index (χ2v) is 7.20. The van der Waals surface area contributed by atoms with Crippen LogP contribution in [0.1, 0.15) is 33.0 Å². The van der Waals surface area contributed by atoms with Crippen molar-refractivity contribution in [2.45, 2.75) is 20.5 Å². The van der Waals surface area contributed by atoms with Crippen LogP contribution in [0.25, 0.3) is 0 Å². The Bertz CT molecular complexity index is 1060. The van der Waals surface area contributed by atoms with Crippen molar-refractivity contribution in [1.82, 2.24) is 0 Å². The van der Waals surface area contributed by atoms with Crippen molar-refractivity contribution in [1.29, 1.82) is 0 Å². The maximum absolute atomic E-state index is 12.1. The number of furan rings is 1. The summed E-state index contributed by atoms with van der Waals surface area (Å²) < 4.78 is 11.2. The summed E-state index contributed by atoms with van der Waals surface area (Å²) in [4.78, 5) is 17.0. The van der Waals surface area contributed by atoms with Crippen molar-refractivity contribution in [3.05, 3.63) is 86.8 Å². The molecule has 0 spiro atoms. The van der Waals surface area contributed by atoms with E-state index in [1.54, 1.807) is 18.2 Å². The molecule has 150 valence electrons. The summed E-state index contributed by atoms with van der Waals surface area (Å²) in [7, 11) is 0. The molecular weight excluding hydrogens is 415 g/mol. The zero-order valence-corrected chi connectivity index (χ0v) is 17.3. The van der Waals surface area contributed by atoms with E-state index in [0.29, 0.717) is 21.4 Å². The predicted molar refractivity (Wildman–Crippen MR) is 112 cm³/mol. The van der Waals surface area contributed by atoms with Gasteiger partial charge in [0.15, 0.2) is 5.84 Å². The predicted octanol–water partition coefficient (Wildman–Crippen LogP) is 5.26. The van der Waals surface area contributed by atoms with Crippen LogP contribution in [0.15, 0.2) is 58.1 Å². The lowest BCUT2D eigenvalue weighted by molar-refractivity contribution is 0.0475. The molecule has 1 aromatic heterocycles. The Morgan fingerprint density at radius 3 is 2.48 bits per heavy atom. The number of nitrogens with two attached hydrogens (primary N) is 1. The van der Waals surface area contributed by atoms with Gasteiger partial charge < -0.3 is 19.7 Å². The van der Waals surface area contributed by atoms with Gasteiger partial charge in [0.2, 0.25) is 5.76 Å². The quantitative estimate of drug-likeness (QED) is 0.248. The Morgan fingerprint density at radius 2 is 1.79 bits per heavy atom. The number of carbonyl (C=O) groups is 1. The van der Waals surface area contributed by atoms with Crippen molar-refractivity contribution in [2.75, 3.05) is 0 Å². The maximum atomic E-state index is 12.1. The minimum absolute atomic E-state index is 0.0252. The highest BCUT2D eigenvalue weighted by molar-refractivity contribution is 6.36. The van der Waals surface area contributed by atoms with Crippen LogP contribution in [0.5, 0.6) is 5.75 Å². The summed E-state index contributed by atoms with van der Waals surface area (Å²) in [6, 6.07) is 13.7. The SMILES string of the molecule is Cc1cc(C)cc(OCc2ccc(C(=O)O/N=C(\N)c3ccc(Cl)cc3Cl)o2)c1. The summed E-state index contributed by atoms with van der Waals surface area (Å²) in [6.45, 7) is 4.15. The average molecular weight is 433 g/mol. The highest BCUT2D eigenvalue weighted by atomic mass is 35.5. The van der Waals surface area contributed by atoms with E-state index in [1.807, 2.05) is 26.0 Å². The highest BCUT2D eigenvalue weighted by Crippen LogP contribution is 2.21. The maximum Gasteiger partial charge on any atom is 0.400 e. The van der Waals surface area contributed by atoms with Gasteiger partial charge in [0.1, 0.15) is 18.1 Å². The fraction of sp³-hybridized carbons (Fsp3) is 0.143. The number of carbonyl (C=O) groups excluding carboxylic acids is 1. The normalized spacial score (nSPS) is 11.4. The summed E-state index contributed by atoms with van der Waals surface area (Å²) in [6.07, 6.45) is 0. The molecule has 3 rings (SSSR count). The second-order valence-electron chi connectivity index (χ2n) is 6.36. The lowest BCUT2D eigenvalue weighted by Gasteiger charge is -2.06. The summed E-state index contributed by atoms with van der Waals surface area (Å²) >= 11 is 11.9. The molecule has 0 saturated carbocycles. The molecule has 0 atom stereocenters. The Kier molecular flexibility index (Phi) is 6.46. The Morgan fingerprint density at radius 1 is 1.07 bits per heavy atom. The molecule has 2 N–H and O–H groups in total. The molecular formula is C21H18Cl2N2O4. The first-order valence-electron chi connectivity index (χ1n) is 8.62. The molecule has 0 fully saturated rings. The topological polar surface area (TPSA) is 87.0 Å². The van der Waals surface area contributed by atoms with Crippen molar-refractivity contribution in [3.8, 4) is 5.75 Å². The molecule has 8 heteroatoms. The monoisotopic (exact) mass is 432 g/mol. The van der Waals surface area contributed by atoms with Gasteiger partial charge in [-0.05, 0) is 67.4 Å². The number of amidine groups is 1. The third kappa shape index (κ3) is 5.53. The molecule has 0 aliphatic heterocycles. The number of nitrogens with zero attached hydrogens (tertiary/aromatic N) is 1. The number of hydrogen-bond acceptors (Lipinski definition) is 5. The van der Waals surface area contributed by atoms with Gasteiger partial charge in [-0.15, -0.1) is 0 Å². The van der Waals surface area contributed by atoms with E-state index in [9.17, 15) is 4.79 Å². The smallest absolute Gasteiger partial charge is 0.400 e. The number of rotatable bonds is 6. The fourth-order valence-electron chi connectivity index (χ4n) is 2.62. The number of ether oxygens (including phenoxy) is 1. The molecule has 0 unspecified atom stereocenters. The van der Waals surface area contributed by atoms with E-state index in [0.717, 1.165) is 16.9 Å². The van der Waals surface area contributed by atoms with Gasteiger partial charge in [0.05, 0.1) is 5.02 Å². The van der Waals surface area contributed by atoms with E-state index >= 15 is 0 Å². The first kappa shape index (κ1) is 20.8. The number of halogens is 2. The zero-order chi connectivity index (χ0) is 21.0. The van der Waals surface area contributed by atoms with Crippen molar-refractivity contribution < 1.29 is 18.8 Å². The van der Waals surface area contributed by atoms with Crippen LogP contribution in [0.3, 0.4) is 0 Å². The summed E-state index contributed by atoms with van der Waals surface area (Å²) in [5.74, 6) is 0.303. The van der Waals surface area contributed by atoms with E-state index in [4.69, 9.17) is 42.9 Å². The minimum atomic E-state index is -0.796. The van der Waals surface area contributed by atoms with E-state index in [-0.39, 0.29) is 18.2 Å². The molecule has 0 amide bonds. The minimum Gasteiger partial charge on any atom is -0.486 e. The van der Waals surface area contributed by atoms with Gasteiger partial charge in [-0.3, -0.25) is 0 Å². The molecule has 0 aliphatic rings. The fourth-order valence-corrected chi connectivity index (χ4v) is 3.12. The van der Waals surface area contributed by atoms with Gasteiger partial charge in [0, 0.05) is 10.6 Å². The first-order chi connectivity index (χ1) is 13.8. The van der Waals surface area contributed by atoms with Gasteiger partial charge in [-0.25, -0.2) is 4.79 Å². The number of benzene rings is 2. The van der Waals surface area contributed by atoms with Gasteiger partial charge in [-0.1, -0.05) is 34.4 Å². The lowest BCUT2D eigenvalue weighted by Crippen LogP contribution is -2.15. The van der Waals surface area contributed by atoms with Crippen LogP contribution >= 0.6 is 23.2 Å². The highest BCUT2D eigenvalue weighted by Gasteiger charge is 2.15. The van der Waals surface area contributed by atoms with Crippen LogP contribution in [0.2, 0.25) is 10.0 Å². The molecule has 0 radical (unpaired) electrons. The Hall–Kier alpha value is -2.96. The van der Waals surface area contributed by atoms with E-state index in [1.165, 1.54) is 12.1 Å². The van der Waals surface area contributed by atoms with Crippen molar-refractivity contribution >= 4 is 35.0 Å². The average Bonchev–Trinajstić information content (AvgIpc) is 3.12. The molecule has 0 bridgehead atoms. The molecule has 0 aliphatic carbocycles. The standard InChI is InChI=1S/C21H18Cl2N2O4/c1-12-7-13(2)9-16(8-12)27-11-15-4-6-19(28-15)21(26)29-25-20(24)17-5-3-14(22)10-18(17)23/h3-10H,11H2,1-2H3,(H2,24,25). The molecule has 1 heterocycles. The summed E-state index contributed by atoms with van der Waals surface area (Å²) in [5, 5.41) is 4.35. The second kappa shape index (κ2) is 9.03. The molecule has 6 nitrogen and oxygen atoms in total. The lowest BCUT2D eigenvalue weighted by atomic mass is 10.1. The Labute approximate surface area is 177 Å². The molecule has 3 aromatic rings. The number of hydrogen-bond donors (Lipinski definition) is 1. The third-order valence-corrected chi connectivity index (χ3v) is 4.42. The zero-order valence-electron chi connectivity index (χ0n) is 15.7. The molecule has 0 saturated heterocycles. The molecule has 2 aromatic carbocycles. The van der Waals surface area contributed by atoms with Crippen molar-refractivity contribution in [3.63, 3.8) is 0 Å².